The highest BCUT2D eigenvalue weighted by molar-refractivity contribution is 5.82. The first-order valence-corrected chi connectivity index (χ1v) is 6.88. The molecular weight excluding hydrogens is 270 g/mol. The van der Waals surface area contributed by atoms with Crippen LogP contribution in [0.3, 0.4) is 0 Å². The molecule has 0 saturated carbocycles. The minimum absolute atomic E-state index is 0.0894. The zero-order valence-corrected chi connectivity index (χ0v) is 11.4. The van der Waals surface area contributed by atoms with Gasteiger partial charge in [-0.05, 0) is 6.07 Å². The highest BCUT2D eigenvalue weighted by Gasteiger charge is 2.24. The molecule has 0 spiro atoms. The summed E-state index contributed by atoms with van der Waals surface area (Å²) in [7, 11) is 0. The molecule has 1 fully saturated rings. The molecule has 1 unspecified atom stereocenters. The highest BCUT2D eigenvalue weighted by Crippen LogP contribution is 2.22. The summed E-state index contributed by atoms with van der Waals surface area (Å²) in [5.41, 5.74) is 1.56. The molecule has 4 rings (SSSR count). The molecule has 1 N–H and O–H groups in total. The van der Waals surface area contributed by atoms with E-state index in [1.807, 2.05) is 16.9 Å². The van der Waals surface area contributed by atoms with Gasteiger partial charge in [0, 0.05) is 25.5 Å². The van der Waals surface area contributed by atoms with Gasteiger partial charge < -0.3 is 14.6 Å². The predicted octanol–water partition coefficient (Wildman–Crippen LogP) is 0.455. The second-order valence-electron chi connectivity index (χ2n) is 4.97. The molecule has 0 aromatic carbocycles. The highest BCUT2D eigenvalue weighted by atomic mass is 16.5. The summed E-state index contributed by atoms with van der Waals surface area (Å²) >= 11 is 0. The Morgan fingerprint density at radius 3 is 3.24 bits per heavy atom. The van der Waals surface area contributed by atoms with E-state index < -0.39 is 0 Å². The number of anilines is 1. The van der Waals surface area contributed by atoms with Crippen LogP contribution < -0.4 is 4.90 Å². The van der Waals surface area contributed by atoms with Crippen molar-refractivity contribution in [2.45, 2.75) is 12.6 Å². The molecule has 0 radical (unpaired) electrons. The third kappa shape index (κ3) is 2.33. The van der Waals surface area contributed by atoms with E-state index in [1.165, 1.54) is 0 Å². The average Bonchev–Trinajstić information content (AvgIpc) is 3.18. The van der Waals surface area contributed by atoms with E-state index in [2.05, 4.69) is 29.9 Å². The largest absolute Gasteiger partial charge is 0.373 e. The Balaban J connectivity index is 1.56. The molecule has 1 aliphatic rings. The van der Waals surface area contributed by atoms with E-state index in [-0.39, 0.29) is 6.10 Å². The Labute approximate surface area is 120 Å². The van der Waals surface area contributed by atoms with Crippen molar-refractivity contribution in [3.8, 4) is 0 Å². The molecule has 1 saturated heterocycles. The monoisotopic (exact) mass is 285 g/mol. The van der Waals surface area contributed by atoms with E-state index >= 15 is 0 Å². The molecule has 0 bridgehead atoms. The summed E-state index contributed by atoms with van der Waals surface area (Å²) < 4.78 is 7.71. The Hall–Kier alpha value is -2.48. The Bertz CT molecular complexity index is 723. The standard InChI is InChI=1S/C13H15N7O/c1-2-18-20(3-1)7-10-6-19(4-5-21-10)13-11-12(15-8-14-11)16-9-17-13/h1-3,8-10H,4-7H2,(H,14,15,16,17). The van der Waals surface area contributed by atoms with Crippen LogP contribution in [0.4, 0.5) is 5.82 Å². The number of ether oxygens (including phenoxy) is 1. The first kappa shape index (κ1) is 12.3. The molecular formula is C13H15N7O. The van der Waals surface area contributed by atoms with Gasteiger partial charge in [-0.25, -0.2) is 15.0 Å². The quantitative estimate of drug-likeness (QED) is 0.752. The summed E-state index contributed by atoms with van der Waals surface area (Å²) in [6.45, 7) is 2.98. The van der Waals surface area contributed by atoms with Crippen molar-refractivity contribution in [3.05, 3.63) is 31.1 Å². The van der Waals surface area contributed by atoms with E-state index in [4.69, 9.17) is 4.74 Å². The van der Waals surface area contributed by atoms with Gasteiger partial charge in [0.05, 0.1) is 25.6 Å². The molecule has 21 heavy (non-hydrogen) atoms. The minimum atomic E-state index is 0.0894. The number of morpholine rings is 1. The van der Waals surface area contributed by atoms with Gasteiger partial charge in [-0.15, -0.1) is 0 Å². The number of nitrogens with zero attached hydrogens (tertiary/aromatic N) is 6. The van der Waals surface area contributed by atoms with Crippen LogP contribution >= 0.6 is 0 Å². The normalized spacial score (nSPS) is 19.2. The molecule has 0 amide bonds. The minimum Gasteiger partial charge on any atom is -0.373 e. The van der Waals surface area contributed by atoms with Gasteiger partial charge in [0.15, 0.2) is 11.5 Å². The van der Waals surface area contributed by atoms with Crippen LogP contribution in [0.15, 0.2) is 31.1 Å². The van der Waals surface area contributed by atoms with Gasteiger partial charge in [0.25, 0.3) is 0 Å². The maximum absolute atomic E-state index is 5.82. The van der Waals surface area contributed by atoms with E-state index in [9.17, 15) is 0 Å². The van der Waals surface area contributed by atoms with E-state index in [0.717, 1.165) is 31.0 Å². The molecule has 3 aromatic rings. The lowest BCUT2D eigenvalue weighted by molar-refractivity contribution is 0.0272. The van der Waals surface area contributed by atoms with Crippen molar-refractivity contribution in [1.82, 2.24) is 29.7 Å². The number of aromatic nitrogens is 6. The zero-order valence-electron chi connectivity index (χ0n) is 11.4. The lowest BCUT2D eigenvalue weighted by Gasteiger charge is -2.33. The average molecular weight is 285 g/mol. The lowest BCUT2D eigenvalue weighted by atomic mass is 10.2. The van der Waals surface area contributed by atoms with Gasteiger partial charge in [0.2, 0.25) is 0 Å². The maximum Gasteiger partial charge on any atom is 0.182 e. The van der Waals surface area contributed by atoms with Crippen molar-refractivity contribution < 1.29 is 4.74 Å². The van der Waals surface area contributed by atoms with Crippen molar-refractivity contribution in [3.63, 3.8) is 0 Å². The van der Waals surface area contributed by atoms with Crippen LogP contribution in [0.25, 0.3) is 11.2 Å². The van der Waals surface area contributed by atoms with Gasteiger partial charge in [0.1, 0.15) is 11.8 Å². The number of H-pyrrole nitrogens is 1. The van der Waals surface area contributed by atoms with Crippen LogP contribution in [-0.2, 0) is 11.3 Å². The fourth-order valence-corrected chi connectivity index (χ4v) is 2.63. The first-order chi connectivity index (χ1) is 10.4. The van der Waals surface area contributed by atoms with Crippen LogP contribution in [0.1, 0.15) is 0 Å². The number of aromatic amines is 1. The topological polar surface area (TPSA) is 84.8 Å². The second kappa shape index (κ2) is 5.13. The number of rotatable bonds is 3. The Morgan fingerprint density at radius 2 is 2.33 bits per heavy atom. The molecule has 4 heterocycles. The molecule has 8 nitrogen and oxygen atoms in total. The fraction of sp³-hybridized carbons (Fsp3) is 0.385. The summed E-state index contributed by atoms with van der Waals surface area (Å²) in [6.07, 6.45) is 7.01. The van der Waals surface area contributed by atoms with Gasteiger partial charge in [-0.2, -0.15) is 5.10 Å². The molecule has 1 aliphatic heterocycles. The van der Waals surface area contributed by atoms with Crippen molar-refractivity contribution in [2.24, 2.45) is 0 Å². The van der Waals surface area contributed by atoms with Gasteiger partial charge >= 0.3 is 0 Å². The van der Waals surface area contributed by atoms with Crippen molar-refractivity contribution in [2.75, 3.05) is 24.6 Å². The number of hydrogen-bond donors (Lipinski definition) is 1. The van der Waals surface area contributed by atoms with E-state index in [0.29, 0.717) is 12.3 Å². The molecule has 0 aliphatic carbocycles. The van der Waals surface area contributed by atoms with Crippen LogP contribution in [0, 0.1) is 0 Å². The molecule has 8 heteroatoms. The van der Waals surface area contributed by atoms with Crippen molar-refractivity contribution in [1.29, 1.82) is 0 Å². The maximum atomic E-state index is 5.82. The number of fused-ring (bicyclic) bond motifs is 1. The summed E-state index contributed by atoms with van der Waals surface area (Å²) in [6, 6.07) is 1.92. The van der Waals surface area contributed by atoms with Gasteiger partial charge in [-0.1, -0.05) is 0 Å². The summed E-state index contributed by atoms with van der Waals surface area (Å²) in [5, 5.41) is 4.23. The summed E-state index contributed by atoms with van der Waals surface area (Å²) in [5.74, 6) is 0.881. The third-order valence-electron chi connectivity index (χ3n) is 3.59. The number of nitrogens with one attached hydrogen (secondary N) is 1. The summed E-state index contributed by atoms with van der Waals surface area (Å²) in [4.78, 5) is 18.0. The predicted molar refractivity (Wildman–Crippen MR) is 75.9 cm³/mol. The zero-order chi connectivity index (χ0) is 14.1. The molecule has 1 atom stereocenters. The smallest absolute Gasteiger partial charge is 0.182 e. The Kier molecular flexibility index (Phi) is 3.00. The third-order valence-corrected chi connectivity index (χ3v) is 3.59. The fourth-order valence-electron chi connectivity index (χ4n) is 2.63. The Morgan fingerprint density at radius 1 is 1.33 bits per heavy atom. The van der Waals surface area contributed by atoms with Crippen molar-refractivity contribution >= 4 is 17.0 Å². The molecule has 108 valence electrons. The number of hydrogen-bond acceptors (Lipinski definition) is 6. The second-order valence-corrected chi connectivity index (χ2v) is 4.97. The number of imidazole rings is 1. The van der Waals surface area contributed by atoms with Crippen LogP contribution in [-0.4, -0.2) is 55.5 Å². The van der Waals surface area contributed by atoms with E-state index in [1.54, 1.807) is 18.9 Å². The molecule has 3 aromatic heterocycles. The first-order valence-electron chi connectivity index (χ1n) is 6.88. The SMILES string of the molecule is c1cnn(CC2CN(c3ncnc4nc[nH]c34)CCO2)c1. The lowest BCUT2D eigenvalue weighted by Crippen LogP contribution is -2.44. The van der Waals surface area contributed by atoms with Crippen LogP contribution in [0.2, 0.25) is 0 Å². The van der Waals surface area contributed by atoms with Gasteiger partial charge in [-0.3, -0.25) is 4.68 Å². The van der Waals surface area contributed by atoms with Crippen LogP contribution in [0.5, 0.6) is 0 Å².